The largest absolute Gasteiger partial charge is 0.496 e. The van der Waals surface area contributed by atoms with E-state index in [1.807, 2.05) is 32.9 Å². The van der Waals surface area contributed by atoms with E-state index >= 15 is 0 Å². The lowest BCUT2D eigenvalue weighted by Crippen LogP contribution is -2.18. The number of benzene rings is 3. The second-order valence-corrected chi connectivity index (χ2v) is 8.66. The average molecular weight is 435 g/mol. The summed E-state index contributed by atoms with van der Waals surface area (Å²) in [5, 5.41) is 0.195. The van der Waals surface area contributed by atoms with Gasteiger partial charge in [0.1, 0.15) is 11.5 Å². The van der Waals surface area contributed by atoms with Gasteiger partial charge >= 0.3 is 13.3 Å². The second kappa shape index (κ2) is 9.23. The third kappa shape index (κ3) is 4.14. The summed E-state index contributed by atoms with van der Waals surface area (Å²) in [5.74, 6) is 0.279. The smallest absolute Gasteiger partial charge is 0.459 e. The van der Waals surface area contributed by atoms with Crippen molar-refractivity contribution in [3.8, 4) is 11.5 Å². The number of rotatable bonds is 7. The molecule has 5 nitrogen and oxygen atoms in total. The van der Waals surface area contributed by atoms with Crippen LogP contribution in [0.5, 0.6) is 11.5 Å². The average Bonchev–Trinajstić information content (AvgIpc) is 2.80. The molecule has 0 aliphatic rings. The van der Waals surface area contributed by atoms with Crippen LogP contribution in [-0.2, 0) is 4.57 Å². The molecule has 0 aliphatic heterocycles. The topological polar surface area (TPSA) is 69.7 Å². The standard InChI is InChI=1S/C25H24O5P/c1-15-13-14-16(2)22(17(15)3)24(26)18-9-6-7-12-21(18)31(28)25(27)23-19(29-4)10-8-11-20(23)30-5/h6-14H,1-5H3/q+1. The van der Waals surface area contributed by atoms with Gasteiger partial charge < -0.3 is 9.47 Å². The normalized spacial score (nSPS) is 11.1. The molecule has 0 spiro atoms. The van der Waals surface area contributed by atoms with Crippen LogP contribution in [-0.4, -0.2) is 25.5 Å². The molecular formula is C25H24O5P+. The second-order valence-electron chi connectivity index (χ2n) is 7.18. The Morgan fingerprint density at radius 3 is 1.94 bits per heavy atom. The number of ketones is 1. The zero-order valence-electron chi connectivity index (χ0n) is 18.2. The van der Waals surface area contributed by atoms with Crippen molar-refractivity contribution in [3.05, 3.63) is 88.0 Å². The monoisotopic (exact) mass is 435 g/mol. The number of methoxy groups -OCH3 is 2. The first kappa shape index (κ1) is 22.4. The van der Waals surface area contributed by atoms with Gasteiger partial charge in [-0.3, -0.25) is 4.79 Å². The van der Waals surface area contributed by atoms with Crippen molar-refractivity contribution in [2.75, 3.05) is 14.2 Å². The molecule has 0 amide bonds. The summed E-state index contributed by atoms with van der Waals surface area (Å²) in [6.45, 7) is 5.70. The van der Waals surface area contributed by atoms with Gasteiger partial charge in [0, 0.05) is 5.56 Å². The molecule has 0 saturated carbocycles. The Morgan fingerprint density at radius 1 is 0.742 bits per heavy atom. The fraction of sp³-hybridized carbons (Fsp3) is 0.200. The summed E-state index contributed by atoms with van der Waals surface area (Å²) in [6, 6.07) is 15.3. The first-order valence-electron chi connectivity index (χ1n) is 9.74. The zero-order chi connectivity index (χ0) is 22.7. The predicted octanol–water partition coefficient (Wildman–Crippen LogP) is 5.15. The van der Waals surface area contributed by atoms with Gasteiger partial charge in [0.15, 0.2) is 11.3 Å². The van der Waals surface area contributed by atoms with Crippen LogP contribution in [0.25, 0.3) is 0 Å². The van der Waals surface area contributed by atoms with Crippen molar-refractivity contribution in [2.45, 2.75) is 20.8 Å². The molecule has 158 valence electrons. The number of hydrogen-bond acceptors (Lipinski definition) is 5. The molecule has 1 atom stereocenters. The number of carbonyl (C=O) groups is 2. The van der Waals surface area contributed by atoms with Crippen LogP contribution in [0.4, 0.5) is 0 Å². The first-order chi connectivity index (χ1) is 14.8. The van der Waals surface area contributed by atoms with Gasteiger partial charge in [0.25, 0.3) is 0 Å². The lowest BCUT2D eigenvalue weighted by atomic mass is 9.92. The molecule has 1 unspecified atom stereocenters. The van der Waals surface area contributed by atoms with E-state index in [0.717, 1.165) is 16.7 Å². The number of hydrogen-bond donors (Lipinski definition) is 0. The molecule has 0 bridgehead atoms. The van der Waals surface area contributed by atoms with E-state index in [4.69, 9.17) is 9.47 Å². The Labute approximate surface area is 182 Å². The van der Waals surface area contributed by atoms with E-state index in [0.29, 0.717) is 5.56 Å². The summed E-state index contributed by atoms with van der Waals surface area (Å²) < 4.78 is 24.0. The molecule has 0 radical (unpaired) electrons. The van der Waals surface area contributed by atoms with E-state index in [1.165, 1.54) is 14.2 Å². The minimum Gasteiger partial charge on any atom is -0.496 e. The molecule has 0 heterocycles. The fourth-order valence-corrected chi connectivity index (χ4v) is 4.81. The molecule has 3 rings (SSSR count). The third-order valence-corrected chi connectivity index (χ3v) is 6.78. The fourth-order valence-electron chi connectivity index (χ4n) is 3.55. The lowest BCUT2D eigenvalue weighted by molar-refractivity contribution is 0.103. The number of carbonyl (C=O) groups excluding carboxylic acids is 2. The van der Waals surface area contributed by atoms with E-state index in [1.54, 1.807) is 42.5 Å². The molecule has 6 heteroatoms. The molecule has 0 aliphatic carbocycles. The Morgan fingerprint density at radius 2 is 1.32 bits per heavy atom. The number of aryl methyl sites for hydroxylation is 2. The van der Waals surface area contributed by atoms with Crippen LogP contribution in [0, 0.1) is 20.8 Å². The van der Waals surface area contributed by atoms with Gasteiger partial charge in [-0.15, -0.1) is 0 Å². The maximum atomic E-state index is 13.5. The minimum atomic E-state index is -2.60. The van der Waals surface area contributed by atoms with Gasteiger partial charge in [0.05, 0.1) is 19.8 Å². The minimum absolute atomic E-state index is 0.0961. The van der Waals surface area contributed by atoms with E-state index in [-0.39, 0.29) is 33.7 Å². The summed E-state index contributed by atoms with van der Waals surface area (Å²) in [7, 11) is 0.263. The molecular weight excluding hydrogens is 411 g/mol. The predicted molar refractivity (Wildman–Crippen MR) is 122 cm³/mol. The van der Waals surface area contributed by atoms with Crippen LogP contribution in [0.1, 0.15) is 43.0 Å². The molecule has 31 heavy (non-hydrogen) atoms. The van der Waals surface area contributed by atoms with Crippen LogP contribution in [0.15, 0.2) is 54.6 Å². The highest BCUT2D eigenvalue weighted by Crippen LogP contribution is 2.38. The Balaban J connectivity index is 2.12. The first-order valence-corrected chi connectivity index (χ1v) is 11.0. The van der Waals surface area contributed by atoms with Gasteiger partial charge in [-0.05, 0) is 61.7 Å². The summed E-state index contributed by atoms with van der Waals surface area (Å²) in [6.07, 6.45) is 0. The zero-order valence-corrected chi connectivity index (χ0v) is 19.1. The summed E-state index contributed by atoms with van der Waals surface area (Å²) >= 11 is 0. The van der Waals surface area contributed by atoms with Crippen LogP contribution in [0.3, 0.4) is 0 Å². The Bertz CT molecular complexity index is 1170. The highest BCUT2D eigenvalue weighted by Gasteiger charge is 2.40. The molecule has 0 saturated heterocycles. The van der Waals surface area contributed by atoms with E-state index in [9.17, 15) is 14.2 Å². The van der Waals surface area contributed by atoms with E-state index < -0.39 is 13.3 Å². The summed E-state index contributed by atoms with van der Waals surface area (Å²) in [4.78, 5) is 26.7. The highest BCUT2D eigenvalue weighted by molar-refractivity contribution is 7.71. The molecule has 3 aromatic carbocycles. The Kier molecular flexibility index (Phi) is 6.67. The number of ether oxygens (including phenoxy) is 2. The SMILES string of the molecule is COc1cccc(OC)c1C(=O)[P+](=O)c1ccccc1C(=O)c1c(C)ccc(C)c1C. The molecule has 0 aromatic heterocycles. The van der Waals surface area contributed by atoms with Crippen LogP contribution in [0.2, 0.25) is 0 Å². The van der Waals surface area contributed by atoms with Gasteiger partial charge in [-0.2, -0.15) is 0 Å². The maximum absolute atomic E-state index is 13.5. The van der Waals surface area contributed by atoms with Crippen molar-refractivity contribution < 1.29 is 23.6 Å². The van der Waals surface area contributed by atoms with Crippen molar-refractivity contribution in [1.82, 2.24) is 0 Å². The Hall–Kier alpha value is -3.30. The maximum Gasteiger partial charge on any atom is 0.459 e. The van der Waals surface area contributed by atoms with Crippen molar-refractivity contribution in [2.24, 2.45) is 0 Å². The molecule has 3 aromatic rings. The summed E-state index contributed by atoms with van der Waals surface area (Å²) in [5.41, 5.74) is 2.95. The van der Waals surface area contributed by atoms with Gasteiger partial charge in [-0.25, -0.2) is 4.79 Å². The van der Waals surface area contributed by atoms with Gasteiger partial charge in [0.2, 0.25) is 5.30 Å². The lowest BCUT2D eigenvalue weighted by Gasteiger charge is -2.12. The quantitative estimate of drug-likeness (QED) is 0.379. The van der Waals surface area contributed by atoms with Crippen LogP contribution >= 0.6 is 7.80 Å². The highest BCUT2D eigenvalue weighted by atomic mass is 31.1. The van der Waals surface area contributed by atoms with Crippen molar-refractivity contribution >= 4 is 24.4 Å². The molecule has 0 N–H and O–H groups in total. The van der Waals surface area contributed by atoms with Crippen LogP contribution < -0.4 is 14.8 Å². The third-order valence-electron chi connectivity index (χ3n) is 5.36. The van der Waals surface area contributed by atoms with Gasteiger partial charge in [-0.1, -0.05) is 34.9 Å². The van der Waals surface area contributed by atoms with E-state index in [2.05, 4.69) is 0 Å². The molecule has 0 fully saturated rings. The van der Waals surface area contributed by atoms with Crippen molar-refractivity contribution in [3.63, 3.8) is 0 Å². The van der Waals surface area contributed by atoms with Crippen molar-refractivity contribution in [1.29, 1.82) is 0 Å².